The molecule has 0 saturated carbocycles. The number of rotatable bonds is 6. The first-order valence-corrected chi connectivity index (χ1v) is 2.97. The van der Waals surface area contributed by atoms with Crippen LogP contribution in [0.2, 0.25) is 0 Å². The van der Waals surface area contributed by atoms with Crippen molar-refractivity contribution >= 4 is 8.41 Å². The van der Waals surface area contributed by atoms with Crippen LogP contribution in [0.5, 0.6) is 0 Å². The summed E-state index contributed by atoms with van der Waals surface area (Å²) < 4.78 is 14.6. The highest BCUT2D eigenvalue weighted by atomic mass is 16.5. The van der Waals surface area contributed by atoms with Crippen LogP contribution < -0.4 is 0 Å². The lowest BCUT2D eigenvalue weighted by Crippen LogP contribution is -2.06. The van der Waals surface area contributed by atoms with Gasteiger partial charge < -0.3 is 14.2 Å². The number of ether oxygens (including phenoxy) is 3. The smallest absolute Gasteiger partial charge is 0.0814 e. The summed E-state index contributed by atoms with van der Waals surface area (Å²) in [7, 11) is 3.30. The van der Waals surface area contributed by atoms with Gasteiger partial charge in [-0.3, -0.25) is 0 Å². The first kappa shape index (κ1) is 12.6. The van der Waals surface area contributed by atoms with Gasteiger partial charge in [0.15, 0.2) is 0 Å². The molecule has 0 rings (SSSR count). The molecule has 4 heteroatoms. The first-order chi connectivity index (χ1) is 4.41. The molecule has 0 heterocycles. The van der Waals surface area contributed by atoms with Gasteiger partial charge in [0.2, 0.25) is 0 Å². The Balaban J connectivity index is 0. The minimum atomic E-state index is 0. The van der Waals surface area contributed by atoms with Crippen molar-refractivity contribution in [1.82, 2.24) is 0 Å². The number of methoxy groups -OCH3 is 2. The van der Waals surface area contributed by atoms with Gasteiger partial charge in [0.05, 0.1) is 34.8 Å². The zero-order valence-corrected chi connectivity index (χ0v) is 6.05. The minimum absolute atomic E-state index is 0. The van der Waals surface area contributed by atoms with Crippen LogP contribution in [-0.4, -0.2) is 49.1 Å². The van der Waals surface area contributed by atoms with Gasteiger partial charge in [-0.15, -0.1) is 0 Å². The van der Waals surface area contributed by atoms with Crippen LogP contribution in [0.4, 0.5) is 0 Å². The van der Waals surface area contributed by atoms with Gasteiger partial charge in [0.25, 0.3) is 0 Å². The average Bonchev–Trinajstić information content (AvgIpc) is 1.89. The van der Waals surface area contributed by atoms with Crippen molar-refractivity contribution in [3.63, 3.8) is 0 Å². The average molecular weight is 148 g/mol. The Bertz CT molecular complexity index is 46.3. The number of hydrogen-bond donors (Lipinski definition) is 0. The van der Waals surface area contributed by atoms with E-state index in [2.05, 4.69) is 0 Å². The second kappa shape index (κ2) is 11.7. The highest BCUT2D eigenvalue weighted by Crippen LogP contribution is 1.75. The Kier molecular flexibility index (Phi) is 14.8. The predicted molar refractivity (Wildman–Crippen MR) is 44.5 cm³/mol. The third-order valence-corrected chi connectivity index (χ3v) is 0.864. The Morgan fingerprint density at radius 3 is 1.50 bits per heavy atom. The maximum atomic E-state index is 5.06. The molecule has 0 aliphatic rings. The third-order valence-electron chi connectivity index (χ3n) is 0.864. The van der Waals surface area contributed by atoms with E-state index in [1.54, 1.807) is 14.2 Å². The number of hydrogen-bond acceptors (Lipinski definition) is 3. The van der Waals surface area contributed by atoms with Crippen LogP contribution in [0.25, 0.3) is 0 Å². The molecule has 0 spiro atoms. The summed E-state index contributed by atoms with van der Waals surface area (Å²) in [5.41, 5.74) is 0. The van der Waals surface area contributed by atoms with Gasteiger partial charge in [-0.2, -0.15) is 0 Å². The molecule has 0 unspecified atom stereocenters. The molecule has 0 aliphatic heterocycles. The van der Waals surface area contributed by atoms with Crippen molar-refractivity contribution in [3.05, 3.63) is 0 Å². The summed E-state index contributed by atoms with van der Waals surface area (Å²) in [5, 5.41) is 0. The van der Waals surface area contributed by atoms with E-state index in [4.69, 9.17) is 14.2 Å². The zero-order valence-electron chi connectivity index (χ0n) is 6.05. The third kappa shape index (κ3) is 10.8. The van der Waals surface area contributed by atoms with Crippen molar-refractivity contribution in [1.29, 1.82) is 0 Å². The molecule has 0 aromatic rings. The van der Waals surface area contributed by atoms with Crippen LogP contribution in [0.3, 0.4) is 0 Å². The molecule has 10 heavy (non-hydrogen) atoms. The molecule has 0 aromatic heterocycles. The van der Waals surface area contributed by atoms with E-state index in [0.717, 1.165) is 0 Å². The molecule has 0 aliphatic carbocycles. The molecular weight excluding hydrogens is 131 g/mol. The maximum Gasteiger partial charge on any atom is 0.0814 e. The highest BCUT2D eigenvalue weighted by Gasteiger charge is 1.84. The minimum Gasteiger partial charge on any atom is -0.382 e. The first-order valence-electron chi connectivity index (χ1n) is 2.97. The Hall–Kier alpha value is -0.0551. The summed E-state index contributed by atoms with van der Waals surface area (Å²) in [6.45, 7) is 2.62. The van der Waals surface area contributed by atoms with Crippen LogP contribution >= 0.6 is 0 Å². The lowest BCUT2D eigenvalue weighted by Gasteiger charge is -2.00. The fraction of sp³-hybridized carbons (Fsp3) is 1.00. The molecule has 0 N–H and O–H groups in total. The molecular formula is C6H17BO3. The Morgan fingerprint density at radius 1 is 0.800 bits per heavy atom. The molecule has 3 nitrogen and oxygen atoms in total. The van der Waals surface area contributed by atoms with Crippen molar-refractivity contribution in [2.24, 2.45) is 0 Å². The topological polar surface area (TPSA) is 27.7 Å². The highest BCUT2D eigenvalue weighted by molar-refractivity contribution is 5.75. The standard InChI is InChI=1S/C6H14O3.BH3/c1-7-3-5-9-6-4-8-2;/h3-6H2,1-2H3;1H3. The lowest BCUT2D eigenvalue weighted by atomic mass is 10.7. The summed E-state index contributed by atoms with van der Waals surface area (Å²) in [5.74, 6) is 0. The quantitative estimate of drug-likeness (QED) is 0.361. The van der Waals surface area contributed by atoms with Gasteiger partial charge >= 0.3 is 0 Å². The fourth-order valence-corrected chi connectivity index (χ4v) is 0.387. The summed E-state index contributed by atoms with van der Waals surface area (Å²) in [4.78, 5) is 0. The van der Waals surface area contributed by atoms with E-state index in [9.17, 15) is 0 Å². The summed E-state index contributed by atoms with van der Waals surface area (Å²) >= 11 is 0. The van der Waals surface area contributed by atoms with Gasteiger partial charge in [-0.25, -0.2) is 0 Å². The molecule has 0 atom stereocenters. The molecule has 0 aromatic carbocycles. The van der Waals surface area contributed by atoms with Crippen LogP contribution in [0.15, 0.2) is 0 Å². The molecule has 62 valence electrons. The van der Waals surface area contributed by atoms with E-state index in [1.165, 1.54) is 0 Å². The molecule has 0 radical (unpaired) electrons. The van der Waals surface area contributed by atoms with E-state index < -0.39 is 0 Å². The molecule has 0 bridgehead atoms. The second-order valence-corrected chi connectivity index (χ2v) is 1.60. The van der Waals surface area contributed by atoms with E-state index in [1.807, 2.05) is 0 Å². The maximum absolute atomic E-state index is 5.06. The normalized spacial score (nSPS) is 9.00. The molecule has 0 saturated heterocycles. The fourth-order valence-electron chi connectivity index (χ4n) is 0.387. The molecule has 0 amide bonds. The van der Waals surface area contributed by atoms with Crippen LogP contribution in [0.1, 0.15) is 0 Å². The summed E-state index contributed by atoms with van der Waals surface area (Å²) in [6.07, 6.45) is 0. The Morgan fingerprint density at radius 2 is 1.20 bits per heavy atom. The second-order valence-electron chi connectivity index (χ2n) is 1.60. The largest absolute Gasteiger partial charge is 0.382 e. The van der Waals surface area contributed by atoms with E-state index in [-0.39, 0.29) is 8.41 Å². The van der Waals surface area contributed by atoms with Crippen LogP contribution in [0, 0.1) is 0 Å². The molecule has 0 fully saturated rings. The van der Waals surface area contributed by atoms with Gasteiger partial charge in [-0.1, -0.05) is 0 Å². The predicted octanol–water partition coefficient (Wildman–Crippen LogP) is -0.888. The van der Waals surface area contributed by atoms with Crippen molar-refractivity contribution in [3.8, 4) is 0 Å². The van der Waals surface area contributed by atoms with Gasteiger partial charge in [0, 0.05) is 14.2 Å². The van der Waals surface area contributed by atoms with Crippen molar-refractivity contribution in [2.75, 3.05) is 40.6 Å². The van der Waals surface area contributed by atoms with Crippen LogP contribution in [-0.2, 0) is 14.2 Å². The van der Waals surface area contributed by atoms with E-state index >= 15 is 0 Å². The Labute approximate surface area is 64.2 Å². The van der Waals surface area contributed by atoms with Gasteiger partial charge in [-0.05, 0) is 0 Å². The van der Waals surface area contributed by atoms with Crippen molar-refractivity contribution < 1.29 is 14.2 Å². The van der Waals surface area contributed by atoms with Gasteiger partial charge in [0.1, 0.15) is 0 Å². The zero-order chi connectivity index (χ0) is 6.95. The van der Waals surface area contributed by atoms with Crippen molar-refractivity contribution in [2.45, 2.75) is 0 Å². The lowest BCUT2D eigenvalue weighted by molar-refractivity contribution is 0.0385. The SMILES string of the molecule is B.COCCOCCOC. The summed E-state index contributed by atoms with van der Waals surface area (Å²) in [6, 6.07) is 0. The van der Waals surface area contributed by atoms with E-state index in [0.29, 0.717) is 26.4 Å². The monoisotopic (exact) mass is 148 g/mol.